The molecule has 3 nitrogen and oxygen atoms in total. The topological polar surface area (TPSA) is 30.5 Å². The van der Waals surface area contributed by atoms with Crippen molar-refractivity contribution in [3.8, 4) is 0 Å². The van der Waals surface area contributed by atoms with Gasteiger partial charge in [-0.1, -0.05) is 6.92 Å². The number of hydrogen-bond acceptors (Lipinski definition) is 3. The standard InChI is InChI=1S/C16H31NO2/c1-13-6-8-14(9-7-13)17-10-11-19-16-5-3-4-15(12-16)18-2/h13-17H,3-12H2,1-2H3. The maximum atomic E-state index is 5.98. The zero-order chi connectivity index (χ0) is 13.5. The molecule has 2 aliphatic rings. The minimum Gasteiger partial charge on any atom is -0.381 e. The first kappa shape index (κ1) is 15.3. The molecule has 0 aromatic heterocycles. The highest BCUT2D eigenvalue weighted by molar-refractivity contribution is 4.76. The third kappa shape index (κ3) is 5.41. The minimum absolute atomic E-state index is 0.423. The molecule has 0 aromatic rings. The molecule has 0 amide bonds. The Bertz CT molecular complexity index is 239. The smallest absolute Gasteiger partial charge is 0.0600 e. The van der Waals surface area contributed by atoms with E-state index in [0.717, 1.165) is 31.5 Å². The van der Waals surface area contributed by atoms with Crippen LogP contribution in [-0.2, 0) is 9.47 Å². The summed E-state index contributed by atoms with van der Waals surface area (Å²) in [7, 11) is 1.82. The van der Waals surface area contributed by atoms with Gasteiger partial charge >= 0.3 is 0 Å². The molecule has 0 spiro atoms. The van der Waals surface area contributed by atoms with Crippen LogP contribution >= 0.6 is 0 Å². The fourth-order valence-corrected chi connectivity index (χ4v) is 3.42. The number of methoxy groups -OCH3 is 1. The Morgan fingerprint density at radius 2 is 1.74 bits per heavy atom. The van der Waals surface area contributed by atoms with Gasteiger partial charge in [0.25, 0.3) is 0 Å². The predicted octanol–water partition coefficient (Wildman–Crippen LogP) is 3.13. The van der Waals surface area contributed by atoms with E-state index in [1.165, 1.54) is 44.9 Å². The Kier molecular flexibility index (Phi) is 6.62. The third-order valence-electron chi connectivity index (χ3n) is 4.82. The van der Waals surface area contributed by atoms with Crippen molar-refractivity contribution in [1.82, 2.24) is 5.32 Å². The minimum atomic E-state index is 0.423. The molecule has 0 saturated heterocycles. The summed E-state index contributed by atoms with van der Waals surface area (Å²) in [6, 6.07) is 0.734. The van der Waals surface area contributed by atoms with Crippen molar-refractivity contribution in [1.29, 1.82) is 0 Å². The quantitative estimate of drug-likeness (QED) is 0.752. The van der Waals surface area contributed by atoms with Crippen LogP contribution < -0.4 is 5.32 Å². The summed E-state index contributed by atoms with van der Waals surface area (Å²) in [5, 5.41) is 3.65. The van der Waals surface area contributed by atoms with Crippen molar-refractivity contribution in [2.45, 2.75) is 76.5 Å². The Balaban J connectivity index is 1.52. The van der Waals surface area contributed by atoms with E-state index in [1.54, 1.807) is 0 Å². The first-order valence-electron chi connectivity index (χ1n) is 8.15. The number of nitrogens with one attached hydrogen (secondary N) is 1. The molecule has 112 valence electrons. The molecule has 2 aliphatic carbocycles. The lowest BCUT2D eigenvalue weighted by Gasteiger charge is -2.29. The molecule has 0 heterocycles. The monoisotopic (exact) mass is 269 g/mol. The van der Waals surface area contributed by atoms with E-state index in [0.29, 0.717) is 12.2 Å². The van der Waals surface area contributed by atoms with Crippen LogP contribution in [0.15, 0.2) is 0 Å². The van der Waals surface area contributed by atoms with Gasteiger partial charge in [-0.05, 0) is 57.3 Å². The SMILES string of the molecule is COC1CCCC(OCCNC2CCC(C)CC2)C1. The average molecular weight is 269 g/mol. The fraction of sp³-hybridized carbons (Fsp3) is 1.00. The van der Waals surface area contributed by atoms with Crippen molar-refractivity contribution < 1.29 is 9.47 Å². The average Bonchev–Trinajstić information content (AvgIpc) is 2.46. The van der Waals surface area contributed by atoms with Crippen LogP contribution in [0.25, 0.3) is 0 Å². The highest BCUT2D eigenvalue weighted by Crippen LogP contribution is 2.24. The lowest BCUT2D eigenvalue weighted by Crippen LogP contribution is -2.36. The maximum absolute atomic E-state index is 5.98. The second-order valence-electron chi connectivity index (χ2n) is 6.43. The molecule has 2 atom stereocenters. The van der Waals surface area contributed by atoms with Crippen molar-refractivity contribution in [2.24, 2.45) is 5.92 Å². The lowest BCUT2D eigenvalue weighted by molar-refractivity contribution is -0.0288. The summed E-state index contributed by atoms with van der Waals surface area (Å²) in [4.78, 5) is 0. The molecule has 2 fully saturated rings. The summed E-state index contributed by atoms with van der Waals surface area (Å²) in [5.74, 6) is 0.933. The van der Waals surface area contributed by atoms with Crippen LogP contribution in [0.1, 0.15) is 58.3 Å². The molecule has 0 bridgehead atoms. The van der Waals surface area contributed by atoms with Crippen molar-refractivity contribution in [2.75, 3.05) is 20.3 Å². The third-order valence-corrected chi connectivity index (χ3v) is 4.82. The van der Waals surface area contributed by atoms with Gasteiger partial charge in [0.2, 0.25) is 0 Å². The largest absolute Gasteiger partial charge is 0.381 e. The van der Waals surface area contributed by atoms with E-state index in [9.17, 15) is 0 Å². The van der Waals surface area contributed by atoms with Gasteiger partial charge in [-0.2, -0.15) is 0 Å². The first-order valence-corrected chi connectivity index (χ1v) is 8.15. The second kappa shape index (κ2) is 8.23. The molecule has 3 heteroatoms. The summed E-state index contributed by atoms with van der Waals surface area (Å²) in [5.41, 5.74) is 0. The van der Waals surface area contributed by atoms with Gasteiger partial charge in [0, 0.05) is 19.7 Å². The summed E-state index contributed by atoms with van der Waals surface area (Å²) in [6.07, 6.45) is 11.0. The van der Waals surface area contributed by atoms with Crippen LogP contribution in [0, 0.1) is 5.92 Å². The van der Waals surface area contributed by atoms with E-state index in [-0.39, 0.29) is 0 Å². The molecule has 1 N–H and O–H groups in total. The zero-order valence-electron chi connectivity index (χ0n) is 12.7. The van der Waals surface area contributed by atoms with Gasteiger partial charge in [0.15, 0.2) is 0 Å². The molecule has 19 heavy (non-hydrogen) atoms. The Morgan fingerprint density at radius 1 is 1.00 bits per heavy atom. The number of hydrogen-bond donors (Lipinski definition) is 1. The second-order valence-corrected chi connectivity index (χ2v) is 6.43. The van der Waals surface area contributed by atoms with E-state index >= 15 is 0 Å². The normalized spacial score (nSPS) is 36.3. The molecular weight excluding hydrogens is 238 g/mol. The van der Waals surface area contributed by atoms with E-state index in [1.807, 2.05) is 7.11 Å². The van der Waals surface area contributed by atoms with E-state index < -0.39 is 0 Å². The van der Waals surface area contributed by atoms with E-state index in [2.05, 4.69) is 12.2 Å². The highest BCUT2D eigenvalue weighted by atomic mass is 16.5. The molecule has 0 aromatic carbocycles. The Morgan fingerprint density at radius 3 is 2.47 bits per heavy atom. The van der Waals surface area contributed by atoms with Gasteiger partial charge in [-0.3, -0.25) is 0 Å². The molecular formula is C16H31NO2. The highest BCUT2D eigenvalue weighted by Gasteiger charge is 2.22. The van der Waals surface area contributed by atoms with Crippen LogP contribution in [0.5, 0.6) is 0 Å². The zero-order valence-corrected chi connectivity index (χ0v) is 12.7. The fourth-order valence-electron chi connectivity index (χ4n) is 3.42. The van der Waals surface area contributed by atoms with Crippen LogP contribution in [-0.4, -0.2) is 38.5 Å². The summed E-state index contributed by atoms with van der Waals surface area (Å²) >= 11 is 0. The maximum Gasteiger partial charge on any atom is 0.0600 e. The van der Waals surface area contributed by atoms with Gasteiger partial charge in [-0.25, -0.2) is 0 Å². The molecule has 0 radical (unpaired) electrons. The number of ether oxygens (including phenoxy) is 2. The Hall–Kier alpha value is -0.120. The predicted molar refractivity (Wildman–Crippen MR) is 78.4 cm³/mol. The van der Waals surface area contributed by atoms with Gasteiger partial charge < -0.3 is 14.8 Å². The molecule has 0 aliphatic heterocycles. The van der Waals surface area contributed by atoms with Crippen molar-refractivity contribution in [3.05, 3.63) is 0 Å². The molecule has 2 unspecified atom stereocenters. The van der Waals surface area contributed by atoms with E-state index in [4.69, 9.17) is 9.47 Å². The van der Waals surface area contributed by atoms with Gasteiger partial charge in [0.05, 0.1) is 18.8 Å². The van der Waals surface area contributed by atoms with Crippen molar-refractivity contribution in [3.63, 3.8) is 0 Å². The van der Waals surface area contributed by atoms with Gasteiger partial charge in [-0.15, -0.1) is 0 Å². The molecule has 2 rings (SSSR count). The first-order chi connectivity index (χ1) is 9.28. The summed E-state index contributed by atoms with van der Waals surface area (Å²) in [6.45, 7) is 4.23. The van der Waals surface area contributed by atoms with Crippen LogP contribution in [0.4, 0.5) is 0 Å². The Labute approximate surface area is 118 Å². The van der Waals surface area contributed by atoms with Crippen LogP contribution in [0.2, 0.25) is 0 Å². The summed E-state index contributed by atoms with van der Waals surface area (Å²) < 4.78 is 11.4. The van der Waals surface area contributed by atoms with Crippen molar-refractivity contribution >= 4 is 0 Å². The molecule has 2 saturated carbocycles. The number of rotatable bonds is 6. The lowest BCUT2D eigenvalue weighted by atomic mass is 9.87. The van der Waals surface area contributed by atoms with Gasteiger partial charge in [0.1, 0.15) is 0 Å². The van der Waals surface area contributed by atoms with Crippen LogP contribution in [0.3, 0.4) is 0 Å².